The molecule has 3 aromatic heterocycles. The van der Waals surface area contributed by atoms with Gasteiger partial charge in [0.15, 0.2) is 0 Å². The molecular formula is C19H15BN4O2. The smallest absolute Gasteiger partial charge is 0.423 e. The van der Waals surface area contributed by atoms with Crippen LogP contribution in [0.15, 0.2) is 73.1 Å². The van der Waals surface area contributed by atoms with Crippen LogP contribution in [0, 0.1) is 0 Å². The van der Waals surface area contributed by atoms with E-state index in [0.29, 0.717) is 17.0 Å². The number of rotatable bonds is 4. The second-order valence-corrected chi connectivity index (χ2v) is 5.73. The lowest BCUT2D eigenvalue weighted by molar-refractivity contribution is 0.426. The maximum absolute atomic E-state index is 9.25. The van der Waals surface area contributed by atoms with Gasteiger partial charge in [-0.15, -0.1) is 0 Å². The summed E-state index contributed by atoms with van der Waals surface area (Å²) in [5, 5.41) is 18.5. The SMILES string of the molecule is OB(O)c1ccc(-c2nc(-c3ccccn3)c(-c3ccccn3)[nH]2)cc1. The highest BCUT2D eigenvalue weighted by atomic mass is 16.4. The van der Waals surface area contributed by atoms with Crippen LogP contribution in [-0.4, -0.2) is 37.1 Å². The largest absolute Gasteiger partial charge is 0.488 e. The van der Waals surface area contributed by atoms with Crippen LogP contribution in [0.4, 0.5) is 0 Å². The van der Waals surface area contributed by atoms with Gasteiger partial charge in [-0.1, -0.05) is 36.4 Å². The predicted octanol–water partition coefficient (Wildman–Crippen LogP) is 1.88. The molecule has 0 unspecified atom stereocenters. The Hall–Kier alpha value is -3.29. The van der Waals surface area contributed by atoms with Crippen molar-refractivity contribution < 1.29 is 10.0 Å². The van der Waals surface area contributed by atoms with Gasteiger partial charge in [-0.25, -0.2) is 4.98 Å². The topological polar surface area (TPSA) is 94.9 Å². The Labute approximate surface area is 150 Å². The molecule has 126 valence electrons. The third kappa shape index (κ3) is 3.13. The van der Waals surface area contributed by atoms with Gasteiger partial charge < -0.3 is 15.0 Å². The summed E-state index contributed by atoms with van der Waals surface area (Å²) >= 11 is 0. The van der Waals surface area contributed by atoms with Gasteiger partial charge >= 0.3 is 7.12 Å². The second kappa shape index (κ2) is 6.91. The number of nitrogens with zero attached hydrogens (tertiary/aromatic N) is 3. The van der Waals surface area contributed by atoms with E-state index in [1.54, 1.807) is 36.7 Å². The maximum atomic E-state index is 9.25. The number of benzene rings is 1. The normalized spacial score (nSPS) is 10.7. The molecule has 4 rings (SSSR count). The van der Waals surface area contributed by atoms with E-state index >= 15 is 0 Å². The van der Waals surface area contributed by atoms with Crippen LogP contribution in [-0.2, 0) is 0 Å². The Kier molecular flexibility index (Phi) is 4.31. The Balaban J connectivity index is 1.83. The zero-order valence-corrected chi connectivity index (χ0v) is 13.7. The Morgan fingerprint density at radius 2 is 1.42 bits per heavy atom. The van der Waals surface area contributed by atoms with Crippen LogP contribution >= 0.6 is 0 Å². The minimum Gasteiger partial charge on any atom is -0.423 e. The number of hydrogen-bond acceptors (Lipinski definition) is 5. The molecule has 7 heteroatoms. The summed E-state index contributed by atoms with van der Waals surface area (Å²) in [6, 6.07) is 18.3. The third-order valence-corrected chi connectivity index (χ3v) is 4.01. The van der Waals surface area contributed by atoms with E-state index < -0.39 is 7.12 Å². The summed E-state index contributed by atoms with van der Waals surface area (Å²) in [6.45, 7) is 0. The van der Waals surface area contributed by atoms with Crippen LogP contribution < -0.4 is 5.46 Å². The fourth-order valence-electron chi connectivity index (χ4n) is 2.71. The summed E-state index contributed by atoms with van der Waals surface area (Å²) in [5.41, 5.74) is 4.27. The zero-order chi connectivity index (χ0) is 17.9. The Bertz CT molecular complexity index is 946. The minimum atomic E-state index is -1.49. The molecule has 0 fully saturated rings. The molecule has 0 aliphatic carbocycles. The molecule has 6 nitrogen and oxygen atoms in total. The van der Waals surface area contributed by atoms with E-state index in [-0.39, 0.29) is 0 Å². The van der Waals surface area contributed by atoms with Gasteiger partial charge in [0.05, 0.1) is 17.1 Å². The lowest BCUT2D eigenvalue weighted by atomic mass is 9.80. The van der Waals surface area contributed by atoms with Crippen molar-refractivity contribution in [2.75, 3.05) is 0 Å². The van der Waals surface area contributed by atoms with Crippen LogP contribution in [0.2, 0.25) is 0 Å². The quantitative estimate of drug-likeness (QED) is 0.492. The average molecular weight is 342 g/mol. The molecule has 1 aromatic carbocycles. The summed E-state index contributed by atoms with van der Waals surface area (Å²) in [5.74, 6) is 0.658. The average Bonchev–Trinajstić information content (AvgIpc) is 3.15. The van der Waals surface area contributed by atoms with E-state index in [1.807, 2.05) is 36.4 Å². The third-order valence-electron chi connectivity index (χ3n) is 4.01. The fraction of sp³-hybridized carbons (Fsp3) is 0. The van der Waals surface area contributed by atoms with Gasteiger partial charge in [0.1, 0.15) is 11.5 Å². The van der Waals surface area contributed by atoms with Gasteiger partial charge in [-0.05, 0) is 29.7 Å². The van der Waals surface area contributed by atoms with E-state index in [2.05, 4.69) is 15.0 Å². The van der Waals surface area contributed by atoms with E-state index in [4.69, 9.17) is 4.98 Å². The molecule has 3 N–H and O–H groups in total. The lowest BCUT2D eigenvalue weighted by Crippen LogP contribution is -2.29. The number of pyridine rings is 2. The first-order chi connectivity index (χ1) is 12.7. The van der Waals surface area contributed by atoms with Gasteiger partial charge in [-0.3, -0.25) is 9.97 Å². The fourth-order valence-corrected chi connectivity index (χ4v) is 2.71. The standard InChI is InChI=1S/C19H15BN4O2/c25-20(26)14-9-7-13(8-10-14)19-23-17(15-5-1-3-11-21-15)18(24-19)16-6-2-4-12-22-16/h1-12,25-26H,(H,23,24). The van der Waals surface area contributed by atoms with Crippen LogP contribution in [0.5, 0.6) is 0 Å². The maximum Gasteiger partial charge on any atom is 0.488 e. The van der Waals surface area contributed by atoms with E-state index in [1.165, 1.54) is 0 Å². The van der Waals surface area contributed by atoms with Crippen molar-refractivity contribution >= 4 is 12.6 Å². The van der Waals surface area contributed by atoms with Crippen molar-refractivity contribution in [3.8, 4) is 34.2 Å². The van der Waals surface area contributed by atoms with Crippen molar-refractivity contribution in [3.63, 3.8) is 0 Å². The Morgan fingerprint density at radius 1 is 0.769 bits per heavy atom. The number of aromatic amines is 1. The van der Waals surface area contributed by atoms with Crippen LogP contribution in [0.25, 0.3) is 34.2 Å². The first-order valence-electron chi connectivity index (χ1n) is 8.11. The molecule has 0 aliphatic rings. The highest BCUT2D eigenvalue weighted by Gasteiger charge is 2.17. The molecule has 0 aliphatic heterocycles. The summed E-state index contributed by atoms with van der Waals surface area (Å²) < 4.78 is 0. The molecule has 0 radical (unpaired) electrons. The summed E-state index contributed by atoms with van der Waals surface area (Å²) in [6.07, 6.45) is 3.46. The molecule has 0 atom stereocenters. The zero-order valence-electron chi connectivity index (χ0n) is 13.7. The van der Waals surface area contributed by atoms with Gasteiger partial charge in [0.25, 0.3) is 0 Å². The molecule has 3 heterocycles. The van der Waals surface area contributed by atoms with E-state index in [0.717, 1.165) is 22.6 Å². The monoisotopic (exact) mass is 342 g/mol. The number of nitrogens with one attached hydrogen (secondary N) is 1. The van der Waals surface area contributed by atoms with Crippen molar-refractivity contribution in [3.05, 3.63) is 73.1 Å². The van der Waals surface area contributed by atoms with Crippen LogP contribution in [0.1, 0.15) is 0 Å². The van der Waals surface area contributed by atoms with Gasteiger partial charge in [-0.2, -0.15) is 0 Å². The first kappa shape index (κ1) is 16.2. The minimum absolute atomic E-state index is 0.426. The van der Waals surface area contributed by atoms with Crippen molar-refractivity contribution in [1.82, 2.24) is 19.9 Å². The second-order valence-electron chi connectivity index (χ2n) is 5.73. The number of imidazole rings is 1. The van der Waals surface area contributed by atoms with Gasteiger partial charge in [0.2, 0.25) is 0 Å². The number of aromatic nitrogens is 4. The van der Waals surface area contributed by atoms with Crippen LogP contribution in [0.3, 0.4) is 0 Å². The lowest BCUT2D eigenvalue weighted by Gasteiger charge is -2.01. The molecule has 0 amide bonds. The molecule has 0 spiro atoms. The van der Waals surface area contributed by atoms with Crippen molar-refractivity contribution in [1.29, 1.82) is 0 Å². The molecule has 26 heavy (non-hydrogen) atoms. The van der Waals surface area contributed by atoms with E-state index in [9.17, 15) is 10.0 Å². The summed E-state index contributed by atoms with van der Waals surface area (Å²) in [7, 11) is -1.49. The molecule has 0 saturated carbocycles. The molecule has 0 bridgehead atoms. The number of hydrogen-bond donors (Lipinski definition) is 3. The molecule has 4 aromatic rings. The van der Waals surface area contributed by atoms with Crippen molar-refractivity contribution in [2.24, 2.45) is 0 Å². The predicted molar refractivity (Wildman–Crippen MR) is 100 cm³/mol. The highest BCUT2D eigenvalue weighted by Crippen LogP contribution is 2.30. The molecule has 0 saturated heterocycles. The first-order valence-corrected chi connectivity index (χ1v) is 8.11. The number of H-pyrrole nitrogens is 1. The van der Waals surface area contributed by atoms with Crippen molar-refractivity contribution in [2.45, 2.75) is 0 Å². The summed E-state index contributed by atoms with van der Waals surface area (Å²) in [4.78, 5) is 16.9. The van der Waals surface area contributed by atoms with Gasteiger partial charge in [0, 0.05) is 18.0 Å². The Morgan fingerprint density at radius 3 is 2.00 bits per heavy atom. The molecular weight excluding hydrogens is 327 g/mol. The highest BCUT2D eigenvalue weighted by molar-refractivity contribution is 6.58.